The van der Waals surface area contributed by atoms with E-state index in [0.717, 1.165) is 18.0 Å². The van der Waals surface area contributed by atoms with E-state index < -0.39 is 0 Å². The normalized spacial score (nSPS) is 26.6. The van der Waals surface area contributed by atoms with Crippen molar-refractivity contribution in [1.29, 1.82) is 0 Å². The van der Waals surface area contributed by atoms with E-state index in [1.54, 1.807) is 0 Å². The van der Waals surface area contributed by atoms with Gasteiger partial charge in [-0.2, -0.15) is 0 Å². The summed E-state index contributed by atoms with van der Waals surface area (Å²) >= 11 is 0. The zero-order valence-corrected chi connectivity index (χ0v) is 13.6. The lowest BCUT2D eigenvalue weighted by Gasteiger charge is -2.37. The monoisotopic (exact) mass is 297 g/mol. The number of aliphatic hydroxyl groups excluding tert-OH is 1. The van der Waals surface area contributed by atoms with Crippen LogP contribution in [0.25, 0.3) is 0 Å². The number of benzene rings is 1. The summed E-state index contributed by atoms with van der Waals surface area (Å²) in [5, 5.41) is 12.6. The van der Waals surface area contributed by atoms with Crippen LogP contribution in [0, 0.1) is 11.3 Å². The molecular weight excluding hydrogens is 270 g/mol. The molecule has 1 saturated carbocycles. The standard InChI is InChI=1S/C17H27NO.ClH/c1-13-9-15(11-17(2,3)10-13)18-12-16(19)14-7-5-4-6-8-14;/h4-8,13,15-16,18-19H,9-12H2,1-3H3;1H. The molecule has 3 heteroatoms. The average Bonchev–Trinajstić information content (AvgIpc) is 2.34. The molecule has 1 aliphatic rings. The molecule has 114 valence electrons. The number of hydrogen-bond acceptors (Lipinski definition) is 1. The Morgan fingerprint density at radius 3 is 2.50 bits per heavy atom. The summed E-state index contributed by atoms with van der Waals surface area (Å²) in [4.78, 5) is 0. The van der Waals surface area contributed by atoms with Gasteiger partial charge in [0.25, 0.3) is 0 Å². The summed E-state index contributed by atoms with van der Waals surface area (Å²) in [5.74, 6) is 0.805. The van der Waals surface area contributed by atoms with E-state index in [1.165, 1.54) is 19.3 Å². The van der Waals surface area contributed by atoms with Gasteiger partial charge in [-0.3, -0.25) is 0 Å². The Hall–Kier alpha value is -0.570. The molecule has 1 aromatic carbocycles. The molecule has 0 spiro atoms. The molecule has 0 aromatic heterocycles. The number of rotatable bonds is 4. The predicted molar refractivity (Wildman–Crippen MR) is 78.8 cm³/mol. The first kappa shape index (κ1) is 17.5. The van der Waals surface area contributed by atoms with Gasteiger partial charge in [-0.25, -0.2) is 0 Å². The van der Waals surface area contributed by atoms with Gasteiger partial charge >= 0.3 is 0 Å². The Morgan fingerprint density at radius 2 is 1.90 bits per heavy atom. The summed E-state index contributed by atoms with van der Waals surface area (Å²) in [6, 6.07) is 10.6. The maximum atomic E-state index is 10.2. The lowest BCUT2D eigenvalue weighted by molar-refractivity contribution is -0.700. The van der Waals surface area contributed by atoms with E-state index in [4.69, 9.17) is 0 Å². The molecule has 0 saturated heterocycles. The third-order valence-electron chi connectivity index (χ3n) is 4.30. The van der Waals surface area contributed by atoms with Crippen LogP contribution in [-0.2, 0) is 0 Å². The number of nitrogens with two attached hydrogens (primary N) is 1. The fraction of sp³-hybridized carbons (Fsp3) is 0.647. The van der Waals surface area contributed by atoms with Gasteiger partial charge in [0.2, 0.25) is 0 Å². The maximum Gasteiger partial charge on any atom is 0.128 e. The van der Waals surface area contributed by atoms with E-state index in [9.17, 15) is 5.11 Å². The molecule has 0 bridgehead atoms. The van der Waals surface area contributed by atoms with Crippen molar-refractivity contribution < 1.29 is 22.8 Å². The first-order valence-corrected chi connectivity index (χ1v) is 7.52. The van der Waals surface area contributed by atoms with E-state index in [2.05, 4.69) is 26.1 Å². The Balaban J connectivity index is 0.00000200. The molecule has 0 heterocycles. The minimum absolute atomic E-state index is 0. The second-order valence-corrected chi connectivity index (χ2v) is 7.07. The first-order chi connectivity index (χ1) is 8.96. The highest BCUT2D eigenvalue weighted by atomic mass is 35.5. The summed E-state index contributed by atoms with van der Waals surface area (Å²) in [6.07, 6.45) is 3.53. The Bertz CT molecular complexity index is 393. The van der Waals surface area contributed by atoms with Crippen LogP contribution in [0.15, 0.2) is 30.3 Å². The molecule has 0 amide bonds. The second kappa shape index (κ2) is 7.44. The van der Waals surface area contributed by atoms with Crippen LogP contribution in [0.5, 0.6) is 0 Å². The zero-order chi connectivity index (χ0) is 13.9. The van der Waals surface area contributed by atoms with Crippen molar-refractivity contribution in [2.24, 2.45) is 11.3 Å². The van der Waals surface area contributed by atoms with E-state index in [1.807, 2.05) is 30.3 Å². The van der Waals surface area contributed by atoms with Crippen molar-refractivity contribution in [3.8, 4) is 0 Å². The summed E-state index contributed by atoms with van der Waals surface area (Å²) < 4.78 is 0. The zero-order valence-electron chi connectivity index (χ0n) is 12.8. The molecule has 1 aromatic rings. The van der Waals surface area contributed by atoms with E-state index in [0.29, 0.717) is 11.5 Å². The molecular formula is C17H28ClNO. The van der Waals surface area contributed by atoms with Crippen LogP contribution in [0.3, 0.4) is 0 Å². The molecule has 3 N–H and O–H groups in total. The first-order valence-electron chi connectivity index (χ1n) is 7.52. The van der Waals surface area contributed by atoms with E-state index >= 15 is 0 Å². The summed E-state index contributed by atoms with van der Waals surface area (Å²) in [7, 11) is 0. The molecule has 0 aliphatic heterocycles. The number of hydrogen-bond donors (Lipinski definition) is 2. The van der Waals surface area contributed by atoms with Gasteiger partial charge in [0.15, 0.2) is 0 Å². The fourth-order valence-electron chi connectivity index (χ4n) is 3.73. The van der Waals surface area contributed by atoms with Gasteiger partial charge in [-0.05, 0) is 23.3 Å². The summed E-state index contributed by atoms with van der Waals surface area (Å²) in [6.45, 7) is 7.88. The highest BCUT2D eigenvalue weighted by Crippen LogP contribution is 2.37. The van der Waals surface area contributed by atoms with Gasteiger partial charge in [-0.15, -0.1) is 0 Å². The molecule has 2 rings (SSSR count). The molecule has 1 aliphatic carbocycles. The largest absolute Gasteiger partial charge is 1.00 e. The number of quaternary nitrogens is 1. The van der Waals surface area contributed by atoms with Crippen molar-refractivity contribution in [2.75, 3.05) is 6.54 Å². The lowest BCUT2D eigenvalue weighted by atomic mass is 9.70. The number of halogens is 1. The number of aliphatic hydroxyl groups is 1. The van der Waals surface area contributed by atoms with Gasteiger partial charge in [0, 0.05) is 12.8 Å². The Labute approximate surface area is 129 Å². The molecule has 3 atom stereocenters. The predicted octanol–water partition coefficient (Wildman–Crippen LogP) is -0.498. The van der Waals surface area contributed by atoms with Crippen molar-refractivity contribution in [3.63, 3.8) is 0 Å². The van der Waals surface area contributed by atoms with Crippen LogP contribution in [0.2, 0.25) is 0 Å². The smallest absolute Gasteiger partial charge is 0.128 e. The van der Waals surface area contributed by atoms with Gasteiger partial charge in [0.1, 0.15) is 12.6 Å². The van der Waals surface area contributed by atoms with Crippen LogP contribution in [-0.4, -0.2) is 17.7 Å². The van der Waals surface area contributed by atoms with Gasteiger partial charge in [-0.1, -0.05) is 51.1 Å². The van der Waals surface area contributed by atoms with Crippen molar-refractivity contribution in [1.82, 2.24) is 0 Å². The van der Waals surface area contributed by atoms with Crippen LogP contribution in [0.1, 0.15) is 51.7 Å². The third kappa shape index (κ3) is 5.08. The maximum absolute atomic E-state index is 10.2. The molecule has 0 radical (unpaired) electrons. The SMILES string of the molecule is CC1CC([NH2+]CC(O)c2ccccc2)CC(C)(C)C1.[Cl-]. The molecule has 3 unspecified atom stereocenters. The van der Waals surface area contributed by atoms with Crippen molar-refractivity contribution in [3.05, 3.63) is 35.9 Å². The van der Waals surface area contributed by atoms with Gasteiger partial charge in [0.05, 0.1) is 6.04 Å². The molecule has 1 fully saturated rings. The topological polar surface area (TPSA) is 36.8 Å². The fourth-order valence-corrected chi connectivity index (χ4v) is 3.73. The molecule has 2 nitrogen and oxygen atoms in total. The second-order valence-electron chi connectivity index (χ2n) is 7.07. The minimum atomic E-state index is -0.346. The van der Waals surface area contributed by atoms with Crippen LogP contribution < -0.4 is 17.7 Å². The molecule has 20 heavy (non-hydrogen) atoms. The van der Waals surface area contributed by atoms with Crippen molar-refractivity contribution >= 4 is 0 Å². The van der Waals surface area contributed by atoms with E-state index in [-0.39, 0.29) is 18.5 Å². The third-order valence-corrected chi connectivity index (χ3v) is 4.30. The quantitative estimate of drug-likeness (QED) is 0.773. The Kier molecular flexibility index (Phi) is 6.50. The average molecular weight is 298 g/mol. The summed E-state index contributed by atoms with van der Waals surface area (Å²) in [5.41, 5.74) is 1.48. The minimum Gasteiger partial charge on any atom is -1.00 e. The van der Waals surface area contributed by atoms with Crippen molar-refractivity contribution in [2.45, 2.75) is 52.2 Å². The lowest BCUT2D eigenvalue weighted by Crippen LogP contribution is -3.00. The van der Waals surface area contributed by atoms with Crippen LogP contribution in [0.4, 0.5) is 0 Å². The van der Waals surface area contributed by atoms with Gasteiger partial charge < -0.3 is 22.8 Å². The highest BCUT2D eigenvalue weighted by Gasteiger charge is 2.34. The highest BCUT2D eigenvalue weighted by molar-refractivity contribution is 5.17. The Morgan fingerprint density at radius 1 is 1.25 bits per heavy atom. The van der Waals surface area contributed by atoms with Crippen LogP contribution >= 0.6 is 0 Å².